The van der Waals surface area contributed by atoms with Gasteiger partial charge < -0.3 is 9.84 Å². The monoisotopic (exact) mass is 280 g/mol. The second kappa shape index (κ2) is 5.28. The zero-order valence-electron chi connectivity index (χ0n) is 9.98. The molecule has 0 heterocycles. The number of aromatic carboxylic acids is 1. The molecule has 98 valence electrons. The van der Waals surface area contributed by atoms with Crippen LogP contribution in [0.25, 0.3) is 11.1 Å². The Morgan fingerprint density at radius 2 is 2.05 bits per heavy atom. The van der Waals surface area contributed by atoms with E-state index in [-0.39, 0.29) is 16.3 Å². The van der Waals surface area contributed by atoms with E-state index in [1.807, 2.05) is 0 Å². The summed E-state index contributed by atoms with van der Waals surface area (Å²) >= 11 is 5.87. The molecule has 0 saturated carbocycles. The van der Waals surface area contributed by atoms with E-state index in [2.05, 4.69) is 0 Å². The number of carboxylic acid groups (broad SMARTS) is 1. The molecule has 0 saturated heterocycles. The highest BCUT2D eigenvalue weighted by Gasteiger charge is 2.16. The molecule has 0 aromatic heterocycles. The summed E-state index contributed by atoms with van der Waals surface area (Å²) in [7, 11) is 1.36. The zero-order chi connectivity index (χ0) is 14.0. The summed E-state index contributed by atoms with van der Waals surface area (Å²) in [5.41, 5.74) is 0.744. The quantitative estimate of drug-likeness (QED) is 0.929. The maximum Gasteiger partial charge on any atom is 0.337 e. The highest BCUT2D eigenvalue weighted by Crippen LogP contribution is 2.31. The third-order valence-corrected chi connectivity index (χ3v) is 3.01. The van der Waals surface area contributed by atoms with Gasteiger partial charge in [0.05, 0.1) is 17.7 Å². The molecule has 19 heavy (non-hydrogen) atoms. The lowest BCUT2D eigenvalue weighted by molar-refractivity contribution is 0.0698. The van der Waals surface area contributed by atoms with E-state index in [1.54, 1.807) is 18.2 Å². The largest absolute Gasteiger partial charge is 0.494 e. The van der Waals surface area contributed by atoms with Crippen LogP contribution in [-0.4, -0.2) is 18.2 Å². The SMILES string of the molecule is COc1ccc(-c2cccc(Cl)c2C(=O)O)cc1F. The summed E-state index contributed by atoms with van der Waals surface area (Å²) in [6.07, 6.45) is 0. The first kappa shape index (κ1) is 13.4. The molecule has 2 rings (SSSR count). The topological polar surface area (TPSA) is 46.5 Å². The van der Waals surface area contributed by atoms with Gasteiger partial charge in [0.2, 0.25) is 0 Å². The van der Waals surface area contributed by atoms with E-state index in [9.17, 15) is 14.3 Å². The summed E-state index contributed by atoms with van der Waals surface area (Å²) in [4.78, 5) is 11.2. The van der Waals surface area contributed by atoms with Gasteiger partial charge in [-0.15, -0.1) is 0 Å². The molecule has 0 unspecified atom stereocenters. The van der Waals surface area contributed by atoms with Crippen molar-refractivity contribution in [1.82, 2.24) is 0 Å². The Labute approximate surface area is 114 Å². The van der Waals surface area contributed by atoms with E-state index in [0.29, 0.717) is 11.1 Å². The normalized spacial score (nSPS) is 10.3. The van der Waals surface area contributed by atoms with E-state index in [0.717, 1.165) is 0 Å². The Hall–Kier alpha value is -2.07. The van der Waals surface area contributed by atoms with Crippen molar-refractivity contribution in [2.45, 2.75) is 0 Å². The number of rotatable bonds is 3. The maximum absolute atomic E-state index is 13.7. The highest BCUT2D eigenvalue weighted by molar-refractivity contribution is 6.34. The van der Waals surface area contributed by atoms with Crippen molar-refractivity contribution in [3.8, 4) is 16.9 Å². The molecule has 0 amide bonds. The fourth-order valence-corrected chi connectivity index (χ4v) is 2.07. The lowest BCUT2D eigenvalue weighted by Gasteiger charge is -2.09. The fraction of sp³-hybridized carbons (Fsp3) is 0.0714. The van der Waals surface area contributed by atoms with Crippen LogP contribution in [0.3, 0.4) is 0 Å². The van der Waals surface area contributed by atoms with Gasteiger partial charge in [-0.25, -0.2) is 9.18 Å². The first-order valence-corrected chi connectivity index (χ1v) is 5.78. The van der Waals surface area contributed by atoms with Crippen molar-refractivity contribution < 1.29 is 19.0 Å². The molecule has 0 radical (unpaired) electrons. The Kier molecular flexibility index (Phi) is 3.71. The first-order valence-electron chi connectivity index (χ1n) is 5.40. The van der Waals surface area contributed by atoms with Gasteiger partial charge in [-0.2, -0.15) is 0 Å². The van der Waals surface area contributed by atoms with Crippen LogP contribution in [0.4, 0.5) is 4.39 Å². The lowest BCUT2D eigenvalue weighted by Crippen LogP contribution is -2.01. The molecular weight excluding hydrogens is 271 g/mol. The summed E-state index contributed by atoms with van der Waals surface area (Å²) in [5, 5.41) is 9.29. The summed E-state index contributed by atoms with van der Waals surface area (Å²) in [5.74, 6) is -1.62. The minimum atomic E-state index is -1.16. The fourth-order valence-electron chi connectivity index (χ4n) is 1.82. The number of benzene rings is 2. The summed E-state index contributed by atoms with van der Waals surface area (Å²) in [6, 6.07) is 8.92. The van der Waals surface area contributed by atoms with E-state index in [1.165, 1.54) is 25.3 Å². The van der Waals surface area contributed by atoms with Crippen LogP contribution in [-0.2, 0) is 0 Å². The Balaban J connectivity index is 2.62. The van der Waals surface area contributed by atoms with Gasteiger partial charge in [-0.05, 0) is 29.3 Å². The third-order valence-electron chi connectivity index (χ3n) is 2.69. The maximum atomic E-state index is 13.7. The number of carbonyl (C=O) groups is 1. The summed E-state index contributed by atoms with van der Waals surface area (Å²) < 4.78 is 18.5. The molecule has 0 spiro atoms. The lowest BCUT2D eigenvalue weighted by atomic mass is 9.99. The standard InChI is InChI=1S/C14H10ClFO3/c1-19-12-6-5-8(7-11(12)16)9-3-2-4-10(15)13(9)14(17)18/h2-7H,1H3,(H,17,18). The van der Waals surface area contributed by atoms with Crippen LogP contribution < -0.4 is 4.74 Å². The number of hydrogen-bond donors (Lipinski definition) is 1. The minimum absolute atomic E-state index is 0.0475. The predicted molar refractivity (Wildman–Crippen MR) is 70.4 cm³/mol. The van der Waals surface area contributed by atoms with Crippen molar-refractivity contribution in [2.75, 3.05) is 7.11 Å². The molecule has 0 aliphatic carbocycles. The Morgan fingerprint density at radius 1 is 1.32 bits per heavy atom. The number of halogens is 2. The van der Waals surface area contributed by atoms with Gasteiger partial charge in [0.15, 0.2) is 11.6 Å². The van der Waals surface area contributed by atoms with Crippen molar-refractivity contribution >= 4 is 17.6 Å². The Bertz CT molecular complexity index is 641. The smallest absolute Gasteiger partial charge is 0.337 e. The average Bonchev–Trinajstić information content (AvgIpc) is 2.37. The molecule has 0 atom stereocenters. The van der Waals surface area contributed by atoms with E-state index < -0.39 is 11.8 Å². The van der Waals surface area contributed by atoms with Gasteiger partial charge in [0, 0.05) is 0 Å². The van der Waals surface area contributed by atoms with Crippen molar-refractivity contribution in [2.24, 2.45) is 0 Å². The predicted octanol–water partition coefficient (Wildman–Crippen LogP) is 3.85. The van der Waals surface area contributed by atoms with E-state index >= 15 is 0 Å². The van der Waals surface area contributed by atoms with E-state index in [4.69, 9.17) is 16.3 Å². The third kappa shape index (κ3) is 2.53. The molecule has 0 aliphatic heterocycles. The number of methoxy groups -OCH3 is 1. The molecule has 0 fully saturated rings. The number of hydrogen-bond acceptors (Lipinski definition) is 2. The molecule has 5 heteroatoms. The van der Waals surface area contributed by atoms with Crippen molar-refractivity contribution in [1.29, 1.82) is 0 Å². The van der Waals surface area contributed by atoms with Gasteiger partial charge in [0.25, 0.3) is 0 Å². The van der Waals surface area contributed by atoms with Gasteiger partial charge >= 0.3 is 5.97 Å². The van der Waals surface area contributed by atoms with Gasteiger partial charge in [-0.1, -0.05) is 29.8 Å². The van der Waals surface area contributed by atoms with Crippen LogP contribution in [0.2, 0.25) is 5.02 Å². The minimum Gasteiger partial charge on any atom is -0.494 e. The van der Waals surface area contributed by atoms with Crippen molar-refractivity contribution in [3.05, 3.63) is 52.8 Å². The second-order valence-electron chi connectivity index (χ2n) is 3.82. The van der Waals surface area contributed by atoms with Gasteiger partial charge in [-0.3, -0.25) is 0 Å². The average molecular weight is 281 g/mol. The van der Waals surface area contributed by atoms with Crippen LogP contribution in [0.15, 0.2) is 36.4 Å². The number of carboxylic acids is 1. The van der Waals surface area contributed by atoms with Crippen molar-refractivity contribution in [3.63, 3.8) is 0 Å². The first-order chi connectivity index (χ1) is 9.04. The van der Waals surface area contributed by atoms with Crippen LogP contribution in [0, 0.1) is 5.82 Å². The molecule has 3 nitrogen and oxygen atoms in total. The molecule has 0 bridgehead atoms. The zero-order valence-corrected chi connectivity index (χ0v) is 10.7. The van der Waals surface area contributed by atoms with Crippen LogP contribution >= 0.6 is 11.6 Å². The Morgan fingerprint density at radius 3 is 2.63 bits per heavy atom. The molecular formula is C14H10ClFO3. The number of ether oxygens (including phenoxy) is 1. The molecule has 1 N–H and O–H groups in total. The molecule has 2 aromatic rings. The molecule has 0 aliphatic rings. The van der Waals surface area contributed by atoms with Gasteiger partial charge in [0.1, 0.15) is 0 Å². The highest BCUT2D eigenvalue weighted by atomic mass is 35.5. The summed E-state index contributed by atoms with van der Waals surface area (Å²) in [6.45, 7) is 0. The van der Waals surface area contributed by atoms with Crippen LogP contribution in [0.5, 0.6) is 5.75 Å². The second-order valence-corrected chi connectivity index (χ2v) is 4.22. The van der Waals surface area contributed by atoms with Crippen LogP contribution in [0.1, 0.15) is 10.4 Å². The molecule has 2 aromatic carbocycles.